The monoisotopic (exact) mass is 215 g/mol. The average molecular weight is 215 g/mol. The molecule has 1 aromatic rings. The van der Waals surface area contributed by atoms with Crippen molar-refractivity contribution in [1.82, 2.24) is 9.36 Å². The van der Waals surface area contributed by atoms with Crippen molar-refractivity contribution in [2.75, 3.05) is 18.5 Å². The highest BCUT2D eigenvalue weighted by molar-refractivity contribution is 7.09. The van der Waals surface area contributed by atoms with Gasteiger partial charge in [-0.2, -0.15) is 4.37 Å². The van der Waals surface area contributed by atoms with Crippen molar-refractivity contribution < 1.29 is 5.21 Å². The van der Waals surface area contributed by atoms with Gasteiger partial charge in [0, 0.05) is 31.0 Å². The Morgan fingerprint density at radius 2 is 2.57 bits per heavy atom. The first kappa shape index (κ1) is 10.7. The van der Waals surface area contributed by atoms with Crippen LogP contribution in [0.4, 0.5) is 5.13 Å². The molecule has 1 aromatic heterocycles. The van der Waals surface area contributed by atoms with Gasteiger partial charge in [0.1, 0.15) is 12.2 Å². The van der Waals surface area contributed by atoms with E-state index in [1.165, 1.54) is 17.9 Å². The Kier molecular flexibility index (Phi) is 3.63. The van der Waals surface area contributed by atoms with Crippen LogP contribution in [0.5, 0.6) is 0 Å². The minimum Gasteiger partial charge on any atom is -0.409 e. The third-order valence-electron chi connectivity index (χ3n) is 1.84. The molecule has 6 nitrogen and oxygen atoms in total. The van der Waals surface area contributed by atoms with E-state index in [2.05, 4.69) is 14.5 Å². The van der Waals surface area contributed by atoms with Gasteiger partial charge >= 0.3 is 0 Å². The number of nitrogens with zero attached hydrogens (tertiary/aromatic N) is 4. The summed E-state index contributed by atoms with van der Waals surface area (Å²) in [6, 6.07) is 0. The van der Waals surface area contributed by atoms with E-state index in [4.69, 9.17) is 10.9 Å². The molecule has 0 aromatic carbocycles. The second kappa shape index (κ2) is 4.75. The van der Waals surface area contributed by atoms with Gasteiger partial charge in [0.25, 0.3) is 0 Å². The van der Waals surface area contributed by atoms with E-state index in [1.54, 1.807) is 0 Å². The summed E-state index contributed by atoms with van der Waals surface area (Å²) in [7, 11) is 1.89. The number of hydrogen-bond donors (Lipinski definition) is 2. The molecule has 0 spiro atoms. The normalized spacial score (nSPS) is 14.0. The molecular formula is C7H13N5OS. The Morgan fingerprint density at radius 1 is 1.86 bits per heavy atom. The first-order valence-electron chi connectivity index (χ1n) is 4.10. The predicted molar refractivity (Wildman–Crippen MR) is 55.8 cm³/mol. The van der Waals surface area contributed by atoms with Crippen molar-refractivity contribution >= 4 is 22.5 Å². The molecule has 1 unspecified atom stereocenters. The predicted octanol–water partition coefficient (Wildman–Crippen LogP) is 0.357. The number of rotatable bonds is 4. The summed E-state index contributed by atoms with van der Waals surface area (Å²) in [5.41, 5.74) is 5.46. The quantitative estimate of drug-likeness (QED) is 0.327. The molecule has 1 atom stereocenters. The molecule has 0 aliphatic carbocycles. The molecule has 0 aliphatic heterocycles. The summed E-state index contributed by atoms with van der Waals surface area (Å²) < 4.78 is 3.89. The van der Waals surface area contributed by atoms with Crippen LogP contribution in [-0.2, 0) is 0 Å². The Morgan fingerprint density at radius 3 is 3.07 bits per heavy atom. The van der Waals surface area contributed by atoms with Gasteiger partial charge in [-0.25, -0.2) is 4.98 Å². The smallest absolute Gasteiger partial charge is 0.204 e. The molecule has 0 amide bonds. The summed E-state index contributed by atoms with van der Waals surface area (Å²) >= 11 is 1.31. The molecule has 0 bridgehead atoms. The van der Waals surface area contributed by atoms with Crippen LogP contribution in [0.1, 0.15) is 6.92 Å². The zero-order valence-corrected chi connectivity index (χ0v) is 8.90. The standard InChI is InChI=1S/C7H13N5OS/c1-5(6(8)11-13)3-12(2)7-9-4-10-14-7/h4-5,13H,3H2,1-2H3,(H2,8,11). The number of nitrogens with two attached hydrogens (primary N) is 1. The van der Waals surface area contributed by atoms with Crippen molar-refractivity contribution in [3.05, 3.63) is 6.33 Å². The van der Waals surface area contributed by atoms with Gasteiger partial charge < -0.3 is 15.8 Å². The zero-order chi connectivity index (χ0) is 10.6. The third kappa shape index (κ3) is 2.56. The zero-order valence-electron chi connectivity index (χ0n) is 8.08. The summed E-state index contributed by atoms with van der Waals surface area (Å²) in [6.45, 7) is 2.53. The van der Waals surface area contributed by atoms with Gasteiger partial charge in [-0.1, -0.05) is 12.1 Å². The van der Waals surface area contributed by atoms with Crippen LogP contribution in [-0.4, -0.2) is 34.0 Å². The van der Waals surface area contributed by atoms with Crippen molar-refractivity contribution in [2.24, 2.45) is 16.8 Å². The molecular weight excluding hydrogens is 202 g/mol. The number of amidine groups is 1. The Bertz CT molecular complexity index is 299. The Labute approximate surface area is 86.2 Å². The maximum atomic E-state index is 8.47. The van der Waals surface area contributed by atoms with Gasteiger partial charge in [-0.05, 0) is 0 Å². The number of oxime groups is 1. The van der Waals surface area contributed by atoms with Gasteiger partial charge in [0.05, 0.1) is 0 Å². The maximum absolute atomic E-state index is 8.47. The molecule has 1 heterocycles. The SMILES string of the molecule is CC(CN(C)c1ncns1)C(N)=NO. The molecule has 0 saturated carbocycles. The molecule has 1 rings (SSSR count). The van der Waals surface area contributed by atoms with E-state index < -0.39 is 0 Å². The second-order valence-electron chi connectivity index (χ2n) is 3.03. The lowest BCUT2D eigenvalue weighted by Gasteiger charge is -2.19. The van der Waals surface area contributed by atoms with Crippen LogP contribution in [0.2, 0.25) is 0 Å². The minimum atomic E-state index is -0.0195. The Balaban J connectivity index is 2.53. The number of aromatic nitrogens is 2. The minimum absolute atomic E-state index is 0.0195. The van der Waals surface area contributed by atoms with Gasteiger partial charge in [-0.3, -0.25) is 0 Å². The fraction of sp³-hybridized carbons (Fsp3) is 0.571. The molecule has 3 N–H and O–H groups in total. The van der Waals surface area contributed by atoms with Crippen molar-refractivity contribution in [2.45, 2.75) is 6.92 Å². The van der Waals surface area contributed by atoms with Crippen LogP contribution in [0.3, 0.4) is 0 Å². The van der Waals surface area contributed by atoms with Crippen LogP contribution >= 0.6 is 11.5 Å². The summed E-state index contributed by atoms with van der Waals surface area (Å²) in [4.78, 5) is 5.96. The molecule has 14 heavy (non-hydrogen) atoms. The van der Waals surface area contributed by atoms with Crippen LogP contribution in [0.25, 0.3) is 0 Å². The second-order valence-corrected chi connectivity index (χ2v) is 3.79. The van der Waals surface area contributed by atoms with Crippen molar-refractivity contribution in [1.29, 1.82) is 0 Å². The summed E-state index contributed by atoms with van der Waals surface area (Å²) in [5, 5.41) is 12.2. The highest BCUT2D eigenvalue weighted by Crippen LogP contribution is 2.13. The lowest BCUT2D eigenvalue weighted by molar-refractivity contribution is 0.314. The van der Waals surface area contributed by atoms with E-state index in [0.29, 0.717) is 6.54 Å². The molecule has 7 heteroatoms. The van der Waals surface area contributed by atoms with Crippen LogP contribution in [0.15, 0.2) is 11.5 Å². The van der Waals surface area contributed by atoms with Crippen LogP contribution in [0, 0.1) is 5.92 Å². The van der Waals surface area contributed by atoms with Gasteiger partial charge in [0.2, 0.25) is 5.13 Å². The molecule has 0 radical (unpaired) electrons. The average Bonchev–Trinajstić information content (AvgIpc) is 2.69. The maximum Gasteiger partial charge on any atom is 0.204 e. The third-order valence-corrected chi connectivity index (χ3v) is 2.62. The van der Waals surface area contributed by atoms with E-state index in [9.17, 15) is 0 Å². The fourth-order valence-electron chi connectivity index (χ4n) is 1.02. The lowest BCUT2D eigenvalue weighted by atomic mass is 10.1. The first-order chi connectivity index (χ1) is 6.65. The lowest BCUT2D eigenvalue weighted by Crippen LogP contribution is -2.32. The van der Waals surface area contributed by atoms with Gasteiger partial charge in [0.15, 0.2) is 0 Å². The first-order valence-corrected chi connectivity index (χ1v) is 4.87. The van der Waals surface area contributed by atoms with Crippen molar-refractivity contribution in [3.63, 3.8) is 0 Å². The molecule has 0 aliphatic rings. The molecule has 78 valence electrons. The van der Waals surface area contributed by atoms with E-state index >= 15 is 0 Å². The fourth-order valence-corrected chi connectivity index (χ4v) is 1.51. The molecule has 0 saturated heterocycles. The Hall–Kier alpha value is -1.37. The number of hydrogen-bond acceptors (Lipinski definition) is 6. The number of anilines is 1. The van der Waals surface area contributed by atoms with E-state index in [1.807, 2.05) is 18.9 Å². The van der Waals surface area contributed by atoms with Crippen molar-refractivity contribution in [3.8, 4) is 0 Å². The van der Waals surface area contributed by atoms with Gasteiger partial charge in [-0.15, -0.1) is 0 Å². The highest BCUT2D eigenvalue weighted by Gasteiger charge is 2.12. The van der Waals surface area contributed by atoms with E-state index in [-0.39, 0.29) is 11.8 Å². The topological polar surface area (TPSA) is 87.6 Å². The summed E-state index contributed by atoms with van der Waals surface area (Å²) in [6.07, 6.45) is 1.50. The van der Waals surface area contributed by atoms with Crippen LogP contribution < -0.4 is 10.6 Å². The molecule has 0 fully saturated rings. The highest BCUT2D eigenvalue weighted by atomic mass is 32.1. The summed E-state index contributed by atoms with van der Waals surface area (Å²) in [5.74, 6) is 0.204. The van der Waals surface area contributed by atoms with E-state index in [0.717, 1.165) is 5.13 Å². The largest absolute Gasteiger partial charge is 0.409 e.